The van der Waals surface area contributed by atoms with Gasteiger partial charge in [-0.1, -0.05) is 6.07 Å². The van der Waals surface area contributed by atoms with E-state index in [2.05, 4.69) is 15.6 Å². The Morgan fingerprint density at radius 1 is 1.45 bits per heavy atom. The second-order valence-corrected chi connectivity index (χ2v) is 5.60. The van der Waals surface area contributed by atoms with Gasteiger partial charge in [0.2, 0.25) is 5.91 Å². The van der Waals surface area contributed by atoms with Crippen molar-refractivity contribution in [1.29, 1.82) is 0 Å². The third-order valence-electron chi connectivity index (χ3n) is 2.92. The number of carbonyl (C=O) groups excluding carboxylic acids is 2. The average molecular weight is 291 g/mol. The molecule has 7 heteroatoms. The van der Waals surface area contributed by atoms with Crippen LogP contribution >= 0.6 is 11.3 Å². The number of nitrogens with one attached hydrogen (secondary N) is 2. The van der Waals surface area contributed by atoms with Crippen LogP contribution < -0.4 is 10.6 Å². The normalized spacial score (nSPS) is 14.0. The molecule has 6 nitrogen and oxygen atoms in total. The number of rotatable bonds is 5. The van der Waals surface area contributed by atoms with E-state index in [1.54, 1.807) is 11.3 Å². The predicted octanol–water partition coefficient (Wildman–Crippen LogP) is 2.01. The summed E-state index contributed by atoms with van der Waals surface area (Å²) in [5, 5.41) is 7.24. The first-order chi connectivity index (χ1) is 9.72. The van der Waals surface area contributed by atoms with Crippen molar-refractivity contribution in [3.63, 3.8) is 0 Å². The molecule has 2 heterocycles. The van der Waals surface area contributed by atoms with Gasteiger partial charge < -0.3 is 9.73 Å². The summed E-state index contributed by atoms with van der Waals surface area (Å²) in [7, 11) is 0. The second-order valence-electron chi connectivity index (χ2n) is 4.56. The molecule has 3 rings (SSSR count). The first-order valence-electron chi connectivity index (χ1n) is 6.29. The summed E-state index contributed by atoms with van der Waals surface area (Å²) in [6, 6.07) is 3.94. The van der Waals surface area contributed by atoms with Gasteiger partial charge >= 0.3 is 6.01 Å². The van der Waals surface area contributed by atoms with Crippen molar-refractivity contribution in [3.05, 3.63) is 34.3 Å². The molecule has 20 heavy (non-hydrogen) atoms. The predicted molar refractivity (Wildman–Crippen MR) is 73.3 cm³/mol. The van der Waals surface area contributed by atoms with Gasteiger partial charge in [0, 0.05) is 10.8 Å². The fourth-order valence-electron chi connectivity index (χ4n) is 1.66. The molecule has 0 aromatic carbocycles. The molecule has 2 N–H and O–H groups in total. The summed E-state index contributed by atoms with van der Waals surface area (Å²) >= 11 is 1.57. The number of hydrogen-bond donors (Lipinski definition) is 2. The summed E-state index contributed by atoms with van der Waals surface area (Å²) in [4.78, 5) is 28.4. The highest BCUT2D eigenvalue weighted by molar-refractivity contribution is 7.09. The lowest BCUT2D eigenvalue weighted by Gasteiger charge is -1.99. The molecule has 1 saturated carbocycles. The van der Waals surface area contributed by atoms with Crippen LogP contribution in [0.4, 0.5) is 6.01 Å². The molecule has 2 aromatic heterocycles. The third kappa shape index (κ3) is 3.05. The van der Waals surface area contributed by atoms with Gasteiger partial charge in [-0.3, -0.25) is 14.9 Å². The molecule has 0 radical (unpaired) electrons. The lowest BCUT2D eigenvalue weighted by Crippen LogP contribution is -2.22. The Morgan fingerprint density at radius 2 is 2.30 bits per heavy atom. The Labute approximate surface area is 119 Å². The molecule has 2 aromatic rings. The van der Waals surface area contributed by atoms with E-state index >= 15 is 0 Å². The van der Waals surface area contributed by atoms with Crippen LogP contribution in [0.1, 0.15) is 28.2 Å². The molecule has 1 fully saturated rings. The molecule has 0 spiro atoms. The maximum Gasteiger partial charge on any atom is 0.302 e. The van der Waals surface area contributed by atoms with E-state index < -0.39 is 0 Å². The lowest BCUT2D eigenvalue weighted by atomic mass is 10.4. The monoisotopic (exact) mass is 291 g/mol. The van der Waals surface area contributed by atoms with Crippen LogP contribution in [0.15, 0.2) is 28.2 Å². The van der Waals surface area contributed by atoms with Crippen LogP contribution in [0.3, 0.4) is 0 Å². The fraction of sp³-hybridized carbons (Fsp3) is 0.308. The Hall–Kier alpha value is -2.15. The first-order valence-corrected chi connectivity index (χ1v) is 7.17. The number of aromatic nitrogens is 1. The van der Waals surface area contributed by atoms with Gasteiger partial charge in [-0.05, 0) is 24.3 Å². The zero-order valence-corrected chi connectivity index (χ0v) is 11.4. The van der Waals surface area contributed by atoms with Gasteiger partial charge in [-0.25, -0.2) is 0 Å². The largest absolute Gasteiger partial charge is 0.431 e. The molecular weight excluding hydrogens is 278 g/mol. The maximum absolute atomic E-state index is 11.8. The molecule has 104 valence electrons. The van der Waals surface area contributed by atoms with Crippen molar-refractivity contribution < 1.29 is 14.0 Å². The number of nitrogens with zero attached hydrogens (tertiary/aromatic N) is 1. The Kier molecular flexibility index (Phi) is 3.51. The van der Waals surface area contributed by atoms with Gasteiger partial charge in [0.05, 0.1) is 6.54 Å². The van der Waals surface area contributed by atoms with Crippen molar-refractivity contribution in [1.82, 2.24) is 10.3 Å². The van der Waals surface area contributed by atoms with Crippen LogP contribution in [0, 0.1) is 5.92 Å². The summed E-state index contributed by atoms with van der Waals surface area (Å²) in [5.41, 5.74) is 0.160. The van der Waals surface area contributed by atoms with Gasteiger partial charge in [0.1, 0.15) is 6.26 Å². The highest BCUT2D eigenvalue weighted by atomic mass is 32.1. The van der Waals surface area contributed by atoms with E-state index in [0.717, 1.165) is 17.7 Å². The average Bonchev–Trinajstić information content (AvgIpc) is 2.98. The van der Waals surface area contributed by atoms with Gasteiger partial charge in [0.15, 0.2) is 5.69 Å². The van der Waals surface area contributed by atoms with Crippen LogP contribution in [0.2, 0.25) is 0 Å². The summed E-state index contributed by atoms with van der Waals surface area (Å²) in [6.07, 6.45) is 3.05. The quantitative estimate of drug-likeness (QED) is 0.882. The smallest absolute Gasteiger partial charge is 0.302 e. The minimum Gasteiger partial charge on any atom is -0.431 e. The minimum absolute atomic E-state index is 0.0676. The van der Waals surface area contributed by atoms with Crippen molar-refractivity contribution in [3.8, 4) is 0 Å². The van der Waals surface area contributed by atoms with Crippen molar-refractivity contribution in [2.24, 2.45) is 5.92 Å². The number of thiophene rings is 1. The van der Waals surface area contributed by atoms with Gasteiger partial charge in [-0.15, -0.1) is 11.3 Å². The molecule has 2 amide bonds. The Bertz CT molecular complexity index is 617. The van der Waals surface area contributed by atoms with Gasteiger partial charge in [0.25, 0.3) is 5.91 Å². The summed E-state index contributed by atoms with van der Waals surface area (Å²) in [5.74, 6) is -0.357. The number of oxazole rings is 1. The van der Waals surface area contributed by atoms with E-state index in [1.807, 2.05) is 17.5 Å². The van der Waals surface area contributed by atoms with Crippen molar-refractivity contribution in [2.75, 3.05) is 5.32 Å². The maximum atomic E-state index is 11.8. The Morgan fingerprint density at radius 3 is 3.00 bits per heavy atom. The van der Waals surface area contributed by atoms with Crippen molar-refractivity contribution >= 4 is 29.2 Å². The number of amides is 2. The molecule has 1 aliphatic carbocycles. The second kappa shape index (κ2) is 5.46. The number of carbonyl (C=O) groups is 2. The van der Waals surface area contributed by atoms with E-state index in [1.165, 1.54) is 6.26 Å². The molecule has 0 bridgehead atoms. The lowest BCUT2D eigenvalue weighted by molar-refractivity contribution is -0.117. The standard InChI is InChI=1S/C13H13N3O3S/c17-11(8-3-4-8)16-13-15-10(7-19-13)12(18)14-6-9-2-1-5-20-9/h1-2,5,7-8H,3-4,6H2,(H,14,18)(H,15,16,17). The topological polar surface area (TPSA) is 84.2 Å². The molecule has 0 atom stereocenters. The zero-order chi connectivity index (χ0) is 13.9. The van der Waals surface area contributed by atoms with E-state index in [0.29, 0.717) is 6.54 Å². The van der Waals surface area contributed by atoms with Gasteiger partial charge in [-0.2, -0.15) is 4.98 Å². The molecule has 0 saturated heterocycles. The molecule has 0 aliphatic heterocycles. The highest BCUT2D eigenvalue weighted by Gasteiger charge is 2.30. The van der Waals surface area contributed by atoms with Crippen LogP contribution in [0.25, 0.3) is 0 Å². The fourth-order valence-corrected chi connectivity index (χ4v) is 2.30. The highest BCUT2D eigenvalue weighted by Crippen LogP contribution is 2.30. The Balaban J connectivity index is 1.55. The number of hydrogen-bond acceptors (Lipinski definition) is 5. The number of anilines is 1. The van der Waals surface area contributed by atoms with Crippen molar-refractivity contribution in [2.45, 2.75) is 19.4 Å². The zero-order valence-electron chi connectivity index (χ0n) is 10.6. The third-order valence-corrected chi connectivity index (χ3v) is 3.79. The SMILES string of the molecule is O=C(NCc1cccs1)c1coc(NC(=O)C2CC2)n1. The van der Waals surface area contributed by atoms with Crippen LogP contribution in [-0.4, -0.2) is 16.8 Å². The molecular formula is C13H13N3O3S. The summed E-state index contributed by atoms with van der Waals surface area (Å²) in [6.45, 7) is 0.452. The van der Waals surface area contributed by atoms with Crippen LogP contribution in [-0.2, 0) is 11.3 Å². The van der Waals surface area contributed by atoms with Crippen LogP contribution in [0.5, 0.6) is 0 Å². The van der Waals surface area contributed by atoms with E-state index in [-0.39, 0.29) is 29.4 Å². The first kappa shape index (κ1) is 12.9. The van der Waals surface area contributed by atoms with E-state index in [4.69, 9.17) is 4.42 Å². The summed E-state index contributed by atoms with van der Waals surface area (Å²) < 4.78 is 5.07. The minimum atomic E-state index is -0.325. The van der Waals surface area contributed by atoms with E-state index in [9.17, 15) is 9.59 Å². The molecule has 0 unspecified atom stereocenters. The molecule has 1 aliphatic rings.